The first-order chi connectivity index (χ1) is 8.50. The lowest BCUT2D eigenvalue weighted by Gasteiger charge is -2.20. The molecule has 18 heavy (non-hydrogen) atoms. The van der Waals surface area contributed by atoms with Crippen LogP contribution in [0, 0.1) is 5.95 Å². The van der Waals surface area contributed by atoms with Crippen molar-refractivity contribution in [1.82, 2.24) is 15.2 Å². The van der Waals surface area contributed by atoms with Crippen LogP contribution < -0.4 is 5.32 Å². The summed E-state index contributed by atoms with van der Waals surface area (Å²) in [6.07, 6.45) is 2.12. The summed E-state index contributed by atoms with van der Waals surface area (Å²) < 4.78 is 12.6. The zero-order chi connectivity index (χ0) is 13.5. The van der Waals surface area contributed by atoms with Gasteiger partial charge in [-0.25, -0.2) is 4.98 Å². The van der Waals surface area contributed by atoms with Crippen molar-refractivity contribution in [2.75, 3.05) is 20.1 Å². The molecule has 0 unspecified atom stereocenters. The quantitative estimate of drug-likeness (QED) is 0.619. The van der Waals surface area contributed by atoms with E-state index in [0.29, 0.717) is 18.2 Å². The highest BCUT2D eigenvalue weighted by atomic mass is 19.1. The second-order valence-corrected chi connectivity index (χ2v) is 4.55. The van der Waals surface area contributed by atoms with Crippen LogP contribution in [0.25, 0.3) is 0 Å². The number of halogens is 1. The highest BCUT2D eigenvalue weighted by molar-refractivity contribution is 5.93. The van der Waals surface area contributed by atoms with Gasteiger partial charge in [0.1, 0.15) is 0 Å². The molecule has 0 bridgehead atoms. The Kier molecular flexibility index (Phi) is 5.71. The fraction of sp³-hybridized carbons (Fsp3) is 0.538. The normalized spacial score (nSPS) is 11.0. The molecule has 0 aliphatic heterocycles. The summed E-state index contributed by atoms with van der Waals surface area (Å²) in [6.45, 7) is 5.79. The maximum absolute atomic E-state index is 12.6. The molecule has 0 aliphatic rings. The smallest absolute Gasteiger partial charge is 0.252 e. The summed E-state index contributed by atoms with van der Waals surface area (Å²) in [5.41, 5.74) is 0.383. The van der Waals surface area contributed by atoms with Crippen molar-refractivity contribution in [1.29, 1.82) is 0 Å². The van der Waals surface area contributed by atoms with Gasteiger partial charge in [-0.05, 0) is 46.0 Å². The lowest BCUT2D eigenvalue weighted by molar-refractivity contribution is 0.0951. The van der Waals surface area contributed by atoms with Gasteiger partial charge >= 0.3 is 0 Å². The van der Waals surface area contributed by atoms with Crippen LogP contribution in [0.4, 0.5) is 4.39 Å². The van der Waals surface area contributed by atoms with Crippen LogP contribution in [0.15, 0.2) is 18.3 Å². The molecule has 1 N–H and O–H groups in total. The maximum Gasteiger partial charge on any atom is 0.252 e. The average molecular weight is 253 g/mol. The minimum absolute atomic E-state index is 0.213. The summed E-state index contributed by atoms with van der Waals surface area (Å²) in [7, 11) is 2.05. The predicted molar refractivity (Wildman–Crippen MR) is 68.9 cm³/mol. The SMILES string of the molecule is CC(C)N(C)CCCNC(=O)c1ccc(F)nc1. The topological polar surface area (TPSA) is 45.2 Å². The number of carbonyl (C=O) groups is 1. The van der Waals surface area contributed by atoms with Gasteiger partial charge in [0.2, 0.25) is 5.95 Å². The van der Waals surface area contributed by atoms with Gasteiger partial charge in [-0.2, -0.15) is 4.39 Å². The molecule has 1 heterocycles. The zero-order valence-electron chi connectivity index (χ0n) is 11.1. The molecule has 0 radical (unpaired) electrons. The molecule has 0 saturated heterocycles. The number of hydrogen-bond donors (Lipinski definition) is 1. The summed E-state index contributed by atoms with van der Waals surface area (Å²) in [5, 5.41) is 2.78. The Morgan fingerprint density at radius 1 is 1.50 bits per heavy atom. The fourth-order valence-corrected chi connectivity index (χ4v) is 1.40. The van der Waals surface area contributed by atoms with Gasteiger partial charge in [-0.1, -0.05) is 0 Å². The van der Waals surface area contributed by atoms with E-state index in [2.05, 4.69) is 36.1 Å². The van der Waals surface area contributed by atoms with Crippen molar-refractivity contribution in [2.24, 2.45) is 0 Å². The minimum Gasteiger partial charge on any atom is -0.352 e. The highest BCUT2D eigenvalue weighted by Crippen LogP contribution is 1.99. The first-order valence-electron chi connectivity index (χ1n) is 6.10. The Hall–Kier alpha value is -1.49. The minimum atomic E-state index is -0.579. The van der Waals surface area contributed by atoms with E-state index in [-0.39, 0.29) is 5.91 Å². The van der Waals surface area contributed by atoms with Crippen LogP contribution in [0.1, 0.15) is 30.6 Å². The largest absolute Gasteiger partial charge is 0.352 e. The number of hydrogen-bond acceptors (Lipinski definition) is 3. The molecule has 0 saturated carbocycles. The maximum atomic E-state index is 12.6. The van der Waals surface area contributed by atoms with Crippen molar-refractivity contribution in [3.63, 3.8) is 0 Å². The number of amides is 1. The van der Waals surface area contributed by atoms with Crippen LogP contribution in [0.2, 0.25) is 0 Å². The number of carbonyl (C=O) groups excluding carboxylic acids is 1. The zero-order valence-corrected chi connectivity index (χ0v) is 11.1. The van der Waals surface area contributed by atoms with Crippen LogP contribution in [0.5, 0.6) is 0 Å². The number of nitrogens with one attached hydrogen (secondary N) is 1. The first kappa shape index (κ1) is 14.6. The Morgan fingerprint density at radius 2 is 2.22 bits per heavy atom. The third-order valence-electron chi connectivity index (χ3n) is 2.84. The summed E-state index contributed by atoms with van der Waals surface area (Å²) in [6, 6.07) is 3.11. The van der Waals surface area contributed by atoms with E-state index >= 15 is 0 Å². The molecule has 100 valence electrons. The molecule has 0 aromatic carbocycles. The van der Waals surface area contributed by atoms with Gasteiger partial charge in [-0.3, -0.25) is 4.79 Å². The Bertz CT molecular complexity index is 378. The van der Waals surface area contributed by atoms with E-state index in [4.69, 9.17) is 0 Å². The van der Waals surface area contributed by atoms with Crippen molar-refractivity contribution in [3.05, 3.63) is 29.8 Å². The van der Waals surface area contributed by atoms with Gasteiger partial charge in [0.05, 0.1) is 5.56 Å². The molecule has 1 aromatic heterocycles. The molecule has 5 heteroatoms. The second kappa shape index (κ2) is 7.06. The second-order valence-electron chi connectivity index (χ2n) is 4.55. The third-order valence-corrected chi connectivity index (χ3v) is 2.84. The Morgan fingerprint density at radius 3 is 2.78 bits per heavy atom. The fourth-order valence-electron chi connectivity index (χ4n) is 1.40. The van der Waals surface area contributed by atoms with Gasteiger partial charge in [0.25, 0.3) is 5.91 Å². The molecule has 0 atom stereocenters. The van der Waals surface area contributed by atoms with Crippen molar-refractivity contribution < 1.29 is 9.18 Å². The molecule has 0 aliphatic carbocycles. The van der Waals surface area contributed by atoms with E-state index < -0.39 is 5.95 Å². The molecular formula is C13H20FN3O. The standard InChI is InChI=1S/C13H20FN3O/c1-10(2)17(3)8-4-7-15-13(18)11-5-6-12(14)16-9-11/h5-6,9-10H,4,7-8H2,1-3H3,(H,15,18). The van der Waals surface area contributed by atoms with E-state index in [1.165, 1.54) is 18.3 Å². The van der Waals surface area contributed by atoms with Crippen molar-refractivity contribution >= 4 is 5.91 Å². The molecule has 0 fully saturated rings. The number of nitrogens with zero attached hydrogens (tertiary/aromatic N) is 2. The van der Waals surface area contributed by atoms with Gasteiger partial charge in [-0.15, -0.1) is 0 Å². The lowest BCUT2D eigenvalue weighted by atomic mass is 10.2. The highest BCUT2D eigenvalue weighted by Gasteiger charge is 2.06. The van der Waals surface area contributed by atoms with Crippen LogP contribution in [-0.2, 0) is 0 Å². The Labute approximate surface area is 107 Å². The Balaban J connectivity index is 2.27. The number of aromatic nitrogens is 1. The van der Waals surface area contributed by atoms with Crippen LogP contribution >= 0.6 is 0 Å². The summed E-state index contributed by atoms with van der Waals surface area (Å²) in [5.74, 6) is -0.792. The average Bonchev–Trinajstić information content (AvgIpc) is 2.34. The first-order valence-corrected chi connectivity index (χ1v) is 6.10. The monoisotopic (exact) mass is 253 g/mol. The predicted octanol–water partition coefficient (Wildman–Crippen LogP) is 1.68. The number of pyridine rings is 1. The van der Waals surface area contributed by atoms with E-state index in [9.17, 15) is 9.18 Å². The molecule has 4 nitrogen and oxygen atoms in total. The lowest BCUT2D eigenvalue weighted by Crippen LogP contribution is -2.31. The van der Waals surface area contributed by atoms with Crippen molar-refractivity contribution in [2.45, 2.75) is 26.3 Å². The summed E-state index contributed by atoms with van der Waals surface area (Å²) >= 11 is 0. The summed E-state index contributed by atoms with van der Waals surface area (Å²) in [4.78, 5) is 17.3. The molecule has 0 spiro atoms. The van der Waals surface area contributed by atoms with Gasteiger partial charge < -0.3 is 10.2 Å². The van der Waals surface area contributed by atoms with E-state index in [1.807, 2.05) is 0 Å². The van der Waals surface area contributed by atoms with Crippen LogP contribution in [0.3, 0.4) is 0 Å². The van der Waals surface area contributed by atoms with Gasteiger partial charge in [0, 0.05) is 18.8 Å². The third kappa shape index (κ3) is 4.79. The molecule has 1 rings (SSSR count). The number of rotatable bonds is 6. The van der Waals surface area contributed by atoms with Crippen LogP contribution in [-0.4, -0.2) is 42.0 Å². The van der Waals surface area contributed by atoms with Crippen molar-refractivity contribution in [3.8, 4) is 0 Å². The van der Waals surface area contributed by atoms with E-state index in [1.54, 1.807) is 0 Å². The molecular weight excluding hydrogens is 233 g/mol. The molecule has 1 amide bonds. The molecule has 1 aromatic rings. The van der Waals surface area contributed by atoms with Gasteiger partial charge in [0.15, 0.2) is 0 Å². The van der Waals surface area contributed by atoms with E-state index in [0.717, 1.165) is 13.0 Å².